The summed E-state index contributed by atoms with van der Waals surface area (Å²) in [5.41, 5.74) is 1.64. The molecule has 0 aliphatic carbocycles. The summed E-state index contributed by atoms with van der Waals surface area (Å²) in [6.07, 6.45) is 1.26. The summed E-state index contributed by atoms with van der Waals surface area (Å²) in [5, 5.41) is 2.56. The summed E-state index contributed by atoms with van der Waals surface area (Å²) in [7, 11) is 0. The van der Waals surface area contributed by atoms with Crippen molar-refractivity contribution in [1.82, 2.24) is 4.90 Å². The Labute approximate surface area is 162 Å². The third-order valence-electron chi connectivity index (χ3n) is 4.39. The van der Waals surface area contributed by atoms with Crippen molar-refractivity contribution in [3.8, 4) is 0 Å². The van der Waals surface area contributed by atoms with E-state index < -0.39 is 29.7 Å². The van der Waals surface area contributed by atoms with Crippen molar-refractivity contribution in [2.75, 3.05) is 16.8 Å². The molecule has 1 aliphatic rings. The Morgan fingerprint density at radius 2 is 1.96 bits per heavy atom. The summed E-state index contributed by atoms with van der Waals surface area (Å²) >= 11 is 0. The molecule has 28 heavy (non-hydrogen) atoms. The maximum atomic E-state index is 13.3. The van der Waals surface area contributed by atoms with Gasteiger partial charge in [0.15, 0.2) is 0 Å². The van der Waals surface area contributed by atoms with Gasteiger partial charge in [-0.1, -0.05) is 24.3 Å². The number of halogens is 1. The van der Waals surface area contributed by atoms with E-state index in [1.165, 1.54) is 29.2 Å². The van der Waals surface area contributed by atoms with Gasteiger partial charge < -0.3 is 10.2 Å². The summed E-state index contributed by atoms with van der Waals surface area (Å²) in [6, 6.07) is 11.0. The smallest absolute Gasteiger partial charge is 0.326 e. The molecule has 1 unspecified atom stereocenters. The average molecular weight is 381 g/mol. The van der Waals surface area contributed by atoms with Crippen LogP contribution in [-0.4, -0.2) is 35.3 Å². The van der Waals surface area contributed by atoms with Crippen LogP contribution >= 0.6 is 0 Å². The SMILES string of the molecule is C=CCN1C(=O)N(c2cccc(C)c2)C(=O)C1CC(=O)Nc1cccc(F)c1. The molecule has 0 saturated carbocycles. The van der Waals surface area contributed by atoms with E-state index in [1.54, 1.807) is 24.3 Å². The van der Waals surface area contributed by atoms with Crippen molar-refractivity contribution in [1.29, 1.82) is 0 Å². The van der Waals surface area contributed by atoms with E-state index in [4.69, 9.17) is 0 Å². The second-order valence-electron chi connectivity index (χ2n) is 6.51. The van der Waals surface area contributed by atoms with Gasteiger partial charge in [0.25, 0.3) is 5.91 Å². The zero-order valence-corrected chi connectivity index (χ0v) is 15.4. The average Bonchev–Trinajstić information content (AvgIpc) is 2.86. The molecular weight excluding hydrogens is 361 g/mol. The maximum absolute atomic E-state index is 13.3. The molecule has 0 bridgehead atoms. The molecule has 1 aliphatic heterocycles. The molecule has 7 heteroatoms. The van der Waals surface area contributed by atoms with Crippen LogP contribution in [0.15, 0.2) is 61.2 Å². The molecule has 1 atom stereocenters. The highest BCUT2D eigenvalue weighted by molar-refractivity contribution is 6.22. The number of amides is 4. The van der Waals surface area contributed by atoms with Crippen LogP contribution in [0.1, 0.15) is 12.0 Å². The number of carbonyl (C=O) groups excluding carboxylic acids is 3. The number of imide groups is 1. The Morgan fingerprint density at radius 1 is 1.21 bits per heavy atom. The number of aryl methyl sites for hydroxylation is 1. The normalized spacial score (nSPS) is 16.4. The lowest BCUT2D eigenvalue weighted by molar-refractivity contribution is -0.124. The van der Waals surface area contributed by atoms with Crippen LogP contribution in [-0.2, 0) is 9.59 Å². The van der Waals surface area contributed by atoms with Gasteiger partial charge in [0.05, 0.1) is 12.1 Å². The summed E-state index contributed by atoms with van der Waals surface area (Å²) in [5.74, 6) is -1.45. The quantitative estimate of drug-likeness (QED) is 0.615. The van der Waals surface area contributed by atoms with E-state index >= 15 is 0 Å². The van der Waals surface area contributed by atoms with Crippen LogP contribution in [0.5, 0.6) is 0 Å². The molecule has 4 amide bonds. The van der Waals surface area contributed by atoms with Crippen LogP contribution in [0, 0.1) is 12.7 Å². The van der Waals surface area contributed by atoms with Gasteiger partial charge in [-0.05, 0) is 42.8 Å². The largest absolute Gasteiger partial charge is 0.332 e. The number of rotatable bonds is 6. The minimum atomic E-state index is -0.959. The highest BCUT2D eigenvalue weighted by Crippen LogP contribution is 2.27. The monoisotopic (exact) mass is 381 g/mol. The molecule has 144 valence electrons. The molecule has 1 heterocycles. The summed E-state index contributed by atoms with van der Waals surface area (Å²) in [6.45, 7) is 5.61. The first-order valence-electron chi connectivity index (χ1n) is 8.78. The molecule has 0 radical (unpaired) electrons. The van der Waals surface area contributed by atoms with Crippen molar-refractivity contribution in [2.24, 2.45) is 0 Å². The number of benzene rings is 2. The Bertz CT molecular complexity index is 944. The maximum Gasteiger partial charge on any atom is 0.332 e. The lowest BCUT2D eigenvalue weighted by Gasteiger charge is -2.19. The molecule has 0 spiro atoms. The van der Waals surface area contributed by atoms with Gasteiger partial charge in [0, 0.05) is 12.2 Å². The highest BCUT2D eigenvalue weighted by Gasteiger charge is 2.46. The molecule has 6 nitrogen and oxygen atoms in total. The second-order valence-corrected chi connectivity index (χ2v) is 6.51. The predicted octanol–water partition coefficient (Wildman–Crippen LogP) is 3.49. The zero-order valence-electron chi connectivity index (χ0n) is 15.4. The van der Waals surface area contributed by atoms with E-state index in [0.717, 1.165) is 10.5 Å². The standard InChI is InChI=1S/C21H20FN3O3/c1-3-10-24-18(13-19(26)23-16-8-5-7-15(22)12-16)20(27)25(21(24)28)17-9-4-6-14(2)11-17/h3-9,11-12,18H,1,10,13H2,2H3,(H,23,26). The molecular formula is C21H20FN3O3. The lowest BCUT2D eigenvalue weighted by Crippen LogP contribution is -2.38. The molecule has 1 N–H and O–H groups in total. The van der Waals surface area contributed by atoms with Crippen LogP contribution in [0.4, 0.5) is 20.6 Å². The Kier molecular flexibility index (Phi) is 5.54. The van der Waals surface area contributed by atoms with Crippen molar-refractivity contribution in [3.63, 3.8) is 0 Å². The first-order chi connectivity index (χ1) is 13.4. The van der Waals surface area contributed by atoms with Gasteiger partial charge in [0.2, 0.25) is 5.91 Å². The van der Waals surface area contributed by atoms with Crippen molar-refractivity contribution >= 4 is 29.2 Å². The summed E-state index contributed by atoms with van der Waals surface area (Å²) in [4.78, 5) is 40.6. The van der Waals surface area contributed by atoms with Crippen molar-refractivity contribution in [3.05, 3.63) is 72.6 Å². The third-order valence-corrected chi connectivity index (χ3v) is 4.39. The van der Waals surface area contributed by atoms with Gasteiger partial charge in [-0.2, -0.15) is 0 Å². The Balaban J connectivity index is 1.82. The highest BCUT2D eigenvalue weighted by atomic mass is 19.1. The molecule has 2 aromatic carbocycles. The molecule has 1 fully saturated rings. The van der Waals surface area contributed by atoms with E-state index in [1.807, 2.05) is 13.0 Å². The van der Waals surface area contributed by atoms with Gasteiger partial charge in [-0.15, -0.1) is 6.58 Å². The van der Waals surface area contributed by atoms with Crippen molar-refractivity contribution < 1.29 is 18.8 Å². The van der Waals surface area contributed by atoms with Crippen LogP contribution in [0.2, 0.25) is 0 Å². The number of hydrogen-bond acceptors (Lipinski definition) is 3. The number of carbonyl (C=O) groups is 3. The molecule has 2 aromatic rings. The Morgan fingerprint density at radius 3 is 2.64 bits per heavy atom. The number of nitrogens with one attached hydrogen (secondary N) is 1. The fraction of sp³-hybridized carbons (Fsp3) is 0.190. The summed E-state index contributed by atoms with van der Waals surface area (Å²) < 4.78 is 13.3. The number of nitrogens with zero attached hydrogens (tertiary/aromatic N) is 2. The van der Waals surface area contributed by atoms with E-state index in [2.05, 4.69) is 11.9 Å². The lowest BCUT2D eigenvalue weighted by atomic mass is 10.1. The van der Waals surface area contributed by atoms with Crippen LogP contribution < -0.4 is 10.2 Å². The van der Waals surface area contributed by atoms with Crippen LogP contribution in [0.25, 0.3) is 0 Å². The Hall–Kier alpha value is -3.48. The van der Waals surface area contributed by atoms with Gasteiger partial charge in [0.1, 0.15) is 11.9 Å². The third kappa shape index (κ3) is 3.93. The predicted molar refractivity (Wildman–Crippen MR) is 104 cm³/mol. The number of urea groups is 1. The first-order valence-corrected chi connectivity index (χ1v) is 8.78. The van der Waals surface area contributed by atoms with Gasteiger partial charge in [-0.25, -0.2) is 14.1 Å². The second kappa shape index (κ2) is 8.04. The van der Waals surface area contributed by atoms with Gasteiger partial charge >= 0.3 is 6.03 Å². The topological polar surface area (TPSA) is 69.7 Å². The molecule has 1 saturated heterocycles. The fourth-order valence-electron chi connectivity index (χ4n) is 3.14. The molecule has 0 aromatic heterocycles. The van der Waals surface area contributed by atoms with E-state index in [0.29, 0.717) is 5.69 Å². The first kappa shape index (κ1) is 19.3. The fourth-order valence-corrected chi connectivity index (χ4v) is 3.14. The minimum absolute atomic E-state index is 0.130. The number of anilines is 2. The van der Waals surface area contributed by atoms with E-state index in [9.17, 15) is 18.8 Å². The van der Waals surface area contributed by atoms with E-state index in [-0.39, 0.29) is 18.7 Å². The van der Waals surface area contributed by atoms with Gasteiger partial charge in [-0.3, -0.25) is 9.59 Å². The van der Waals surface area contributed by atoms with Crippen molar-refractivity contribution in [2.45, 2.75) is 19.4 Å². The van der Waals surface area contributed by atoms with Crippen LogP contribution in [0.3, 0.4) is 0 Å². The zero-order chi connectivity index (χ0) is 20.3. The molecule has 3 rings (SSSR count). The number of hydrogen-bond donors (Lipinski definition) is 1. The minimum Gasteiger partial charge on any atom is -0.326 e.